The van der Waals surface area contributed by atoms with Gasteiger partial charge in [-0.1, -0.05) is 29.8 Å². The smallest absolute Gasteiger partial charge is 0.227 e. The van der Waals surface area contributed by atoms with Crippen LogP contribution >= 0.6 is 11.6 Å². The van der Waals surface area contributed by atoms with Crippen LogP contribution in [0.2, 0.25) is 5.02 Å². The normalized spacial score (nSPS) is 16.2. The van der Waals surface area contributed by atoms with Gasteiger partial charge in [-0.25, -0.2) is 0 Å². The number of carbonyl (C=O) groups is 1. The topological polar surface area (TPSA) is 49.8 Å². The summed E-state index contributed by atoms with van der Waals surface area (Å²) in [6.45, 7) is 2.21. The summed E-state index contributed by atoms with van der Waals surface area (Å²) in [5.41, 5.74) is 0.880. The predicted molar refractivity (Wildman–Crippen MR) is 82.4 cm³/mol. The largest absolute Gasteiger partial charge is 0.396 e. The summed E-state index contributed by atoms with van der Waals surface area (Å²) in [5.74, 6) is 0.122. The van der Waals surface area contributed by atoms with Crippen molar-refractivity contribution in [3.63, 3.8) is 0 Å². The number of hydrogen-bond acceptors (Lipinski definition) is 3. The summed E-state index contributed by atoms with van der Waals surface area (Å²) in [7, 11) is 0. The molecule has 1 amide bonds. The number of aliphatic hydroxyl groups is 1. The molecule has 0 aromatic heterocycles. The monoisotopic (exact) mass is 311 g/mol. The van der Waals surface area contributed by atoms with Gasteiger partial charge in [-0.3, -0.25) is 4.79 Å². The first-order chi connectivity index (χ1) is 10.2. The third-order valence-electron chi connectivity index (χ3n) is 3.75. The van der Waals surface area contributed by atoms with Crippen molar-refractivity contribution >= 4 is 17.5 Å². The van der Waals surface area contributed by atoms with Gasteiger partial charge >= 0.3 is 0 Å². The van der Waals surface area contributed by atoms with Gasteiger partial charge in [0.25, 0.3) is 0 Å². The molecule has 0 aliphatic carbocycles. The Balaban J connectivity index is 1.77. The third kappa shape index (κ3) is 4.99. The Morgan fingerprint density at radius 1 is 1.33 bits per heavy atom. The second-order valence-electron chi connectivity index (χ2n) is 5.30. The van der Waals surface area contributed by atoms with Crippen LogP contribution in [0.3, 0.4) is 0 Å². The van der Waals surface area contributed by atoms with Crippen LogP contribution in [-0.2, 0) is 16.0 Å². The lowest BCUT2D eigenvalue weighted by Crippen LogP contribution is -2.41. The van der Waals surface area contributed by atoms with Gasteiger partial charge in [0.05, 0.1) is 12.5 Å². The van der Waals surface area contributed by atoms with Crippen molar-refractivity contribution in [2.75, 3.05) is 26.3 Å². The Kier molecular flexibility index (Phi) is 6.49. The van der Waals surface area contributed by atoms with Crippen LogP contribution in [0.5, 0.6) is 0 Å². The minimum Gasteiger partial charge on any atom is -0.396 e. The molecule has 1 heterocycles. The molecule has 0 saturated carbocycles. The van der Waals surface area contributed by atoms with Crippen LogP contribution in [0.25, 0.3) is 0 Å². The van der Waals surface area contributed by atoms with Crippen LogP contribution < -0.4 is 0 Å². The molecular weight excluding hydrogens is 290 g/mol. The zero-order chi connectivity index (χ0) is 15.1. The SMILES string of the molecule is O=C(Cc1ccccc1Cl)N1CCC(OCCCO)CC1. The van der Waals surface area contributed by atoms with Crippen molar-refractivity contribution in [3.05, 3.63) is 34.9 Å². The molecule has 1 aliphatic rings. The lowest BCUT2D eigenvalue weighted by molar-refractivity contribution is -0.133. The molecule has 0 radical (unpaired) electrons. The zero-order valence-corrected chi connectivity index (χ0v) is 12.9. The average molecular weight is 312 g/mol. The highest BCUT2D eigenvalue weighted by molar-refractivity contribution is 6.31. The number of ether oxygens (including phenoxy) is 1. The number of rotatable bonds is 6. The molecule has 1 aromatic carbocycles. The number of hydrogen-bond donors (Lipinski definition) is 1. The lowest BCUT2D eigenvalue weighted by atomic mass is 10.1. The van der Waals surface area contributed by atoms with E-state index in [1.807, 2.05) is 29.2 Å². The fourth-order valence-corrected chi connectivity index (χ4v) is 2.71. The number of nitrogens with zero attached hydrogens (tertiary/aromatic N) is 1. The van der Waals surface area contributed by atoms with Gasteiger partial charge in [-0.2, -0.15) is 0 Å². The number of carbonyl (C=O) groups excluding carboxylic acids is 1. The first-order valence-electron chi connectivity index (χ1n) is 7.44. The molecule has 0 unspecified atom stereocenters. The van der Waals surface area contributed by atoms with Crippen molar-refractivity contribution in [1.82, 2.24) is 4.90 Å². The van der Waals surface area contributed by atoms with Crippen LogP contribution in [0.15, 0.2) is 24.3 Å². The summed E-state index contributed by atoms with van der Waals surface area (Å²) in [5, 5.41) is 9.38. The highest BCUT2D eigenvalue weighted by atomic mass is 35.5. The van der Waals surface area contributed by atoms with E-state index in [0.717, 1.165) is 31.5 Å². The van der Waals surface area contributed by atoms with Crippen molar-refractivity contribution in [3.8, 4) is 0 Å². The number of amides is 1. The van der Waals surface area contributed by atoms with Crippen LogP contribution in [0.4, 0.5) is 0 Å². The molecule has 0 spiro atoms. The maximum Gasteiger partial charge on any atom is 0.227 e. The maximum absolute atomic E-state index is 12.3. The van der Waals surface area contributed by atoms with E-state index in [-0.39, 0.29) is 18.6 Å². The molecule has 4 nitrogen and oxygen atoms in total. The second-order valence-corrected chi connectivity index (χ2v) is 5.70. The highest BCUT2D eigenvalue weighted by Crippen LogP contribution is 2.19. The van der Waals surface area contributed by atoms with Gasteiger partial charge < -0.3 is 14.7 Å². The van der Waals surface area contributed by atoms with Crippen molar-refractivity contribution in [1.29, 1.82) is 0 Å². The number of halogens is 1. The quantitative estimate of drug-likeness (QED) is 0.820. The Bertz CT molecular complexity index is 459. The number of benzene rings is 1. The first kappa shape index (κ1) is 16.3. The number of aliphatic hydroxyl groups excluding tert-OH is 1. The van der Waals surface area contributed by atoms with Crippen molar-refractivity contribution < 1.29 is 14.6 Å². The standard InChI is InChI=1S/C16H22ClNO3/c17-15-5-2-1-4-13(15)12-16(20)18-8-6-14(7-9-18)21-11-3-10-19/h1-2,4-5,14,19H,3,6-12H2. The van der Waals surface area contributed by atoms with Crippen molar-refractivity contribution in [2.24, 2.45) is 0 Å². The van der Waals surface area contributed by atoms with Gasteiger partial charge in [0, 0.05) is 31.3 Å². The van der Waals surface area contributed by atoms with Gasteiger partial charge in [0.2, 0.25) is 5.91 Å². The highest BCUT2D eigenvalue weighted by Gasteiger charge is 2.23. The molecule has 21 heavy (non-hydrogen) atoms. The zero-order valence-electron chi connectivity index (χ0n) is 12.1. The van der Waals surface area contributed by atoms with Crippen LogP contribution in [0, 0.1) is 0 Å². The van der Waals surface area contributed by atoms with E-state index in [0.29, 0.717) is 24.5 Å². The minimum atomic E-state index is 0.122. The lowest BCUT2D eigenvalue weighted by Gasteiger charge is -2.32. The average Bonchev–Trinajstić information content (AvgIpc) is 2.50. The van der Waals surface area contributed by atoms with Crippen molar-refractivity contribution in [2.45, 2.75) is 31.8 Å². The first-order valence-corrected chi connectivity index (χ1v) is 7.82. The van der Waals surface area contributed by atoms with Crippen LogP contribution in [-0.4, -0.2) is 48.3 Å². The molecule has 1 aliphatic heterocycles. The molecule has 0 bridgehead atoms. The molecule has 116 valence electrons. The Hall–Kier alpha value is -1.10. The maximum atomic E-state index is 12.3. The fourth-order valence-electron chi connectivity index (χ4n) is 2.50. The summed E-state index contributed by atoms with van der Waals surface area (Å²) in [6, 6.07) is 7.47. The molecule has 1 N–H and O–H groups in total. The van der Waals surface area contributed by atoms with Gasteiger partial charge in [0.1, 0.15) is 0 Å². The summed E-state index contributed by atoms with van der Waals surface area (Å²) < 4.78 is 5.67. The van der Waals surface area contributed by atoms with Gasteiger partial charge in [-0.15, -0.1) is 0 Å². The summed E-state index contributed by atoms with van der Waals surface area (Å²) in [4.78, 5) is 14.2. The Labute approximate surface area is 130 Å². The molecule has 0 atom stereocenters. The Morgan fingerprint density at radius 3 is 2.71 bits per heavy atom. The van der Waals surface area contributed by atoms with E-state index in [9.17, 15) is 4.79 Å². The Morgan fingerprint density at radius 2 is 2.05 bits per heavy atom. The predicted octanol–water partition coefficient (Wildman–Crippen LogP) is 2.27. The summed E-state index contributed by atoms with van der Waals surface area (Å²) >= 11 is 6.09. The molecule has 5 heteroatoms. The minimum absolute atomic E-state index is 0.122. The van der Waals surface area contributed by atoms with E-state index >= 15 is 0 Å². The van der Waals surface area contributed by atoms with E-state index < -0.39 is 0 Å². The van der Waals surface area contributed by atoms with Gasteiger partial charge in [0.15, 0.2) is 0 Å². The van der Waals surface area contributed by atoms with Gasteiger partial charge in [-0.05, 0) is 30.9 Å². The van der Waals surface area contributed by atoms with E-state index in [4.69, 9.17) is 21.4 Å². The fraction of sp³-hybridized carbons (Fsp3) is 0.562. The third-order valence-corrected chi connectivity index (χ3v) is 4.12. The van der Waals surface area contributed by atoms with E-state index in [1.165, 1.54) is 0 Å². The molecular formula is C16H22ClNO3. The summed E-state index contributed by atoms with van der Waals surface area (Å²) in [6.07, 6.45) is 2.96. The molecule has 1 aromatic rings. The number of piperidine rings is 1. The van der Waals surface area contributed by atoms with Crippen LogP contribution in [0.1, 0.15) is 24.8 Å². The second kappa shape index (κ2) is 8.37. The van der Waals surface area contributed by atoms with E-state index in [1.54, 1.807) is 0 Å². The molecule has 1 fully saturated rings. The number of likely N-dealkylation sites (tertiary alicyclic amines) is 1. The van der Waals surface area contributed by atoms with E-state index in [2.05, 4.69) is 0 Å². The molecule has 2 rings (SSSR count). The molecule has 1 saturated heterocycles.